The van der Waals surface area contributed by atoms with Crippen molar-refractivity contribution in [2.45, 2.75) is 33.7 Å². The number of rotatable bonds is 6. The average Bonchev–Trinajstić information content (AvgIpc) is 2.94. The van der Waals surface area contributed by atoms with Gasteiger partial charge in [0.2, 0.25) is 0 Å². The van der Waals surface area contributed by atoms with Crippen molar-refractivity contribution in [2.75, 3.05) is 6.61 Å². The molecule has 0 saturated carbocycles. The quantitative estimate of drug-likeness (QED) is 0.369. The largest absolute Gasteiger partial charge is 0.494 e. The summed E-state index contributed by atoms with van der Waals surface area (Å²) in [6.45, 7) is 6.79. The normalized spacial score (nSPS) is 11.1. The first-order valence-corrected chi connectivity index (χ1v) is 9.31. The highest BCUT2D eigenvalue weighted by atomic mass is 35.5. The number of carbonyl (C=O) groups is 1. The summed E-state index contributed by atoms with van der Waals surface area (Å²) in [5.74, 6) is 0.863. The lowest BCUT2D eigenvalue weighted by Crippen LogP contribution is -2.09. The number of aryl methyl sites for hydroxylation is 3. The number of ketones is 1. The Labute approximate surface area is 163 Å². The van der Waals surface area contributed by atoms with Gasteiger partial charge in [0, 0.05) is 34.4 Å². The number of Topliss-reactive ketones (excluding diaryl/α,β-unsaturated/α-hetero) is 1. The maximum Gasteiger partial charge on any atom is 0.176 e. The molecule has 0 aliphatic rings. The van der Waals surface area contributed by atoms with Gasteiger partial charge in [-0.05, 0) is 67.8 Å². The van der Waals surface area contributed by atoms with Crippen molar-refractivity contribution in [3.05, 3.63) is 63.3 Å². The predicted octanol–water partition coefficient (Wildman–Crippen LogP) is 6.24. The molecule has 0 bridgehead atoms. The van der Waals surface area contributed by atoms with E-state index >= 15 is 0 Å². The highest BCUT2D eigenvalue weighted by Crippen LogP contribution is 2.27. The molecular weight excluding hydrogens is 369 g/mol. The van der Waals surface area contributed by atoms with Gasteiger partial charge in [-0.2, -0.15) is 0 Å². The lowest BCUT2D eigenvalue weighted by Gasteiger charge is -2.12. The Morgan fingerprint density at radius 1 is 1.08 bits per heavy atom. The fourth-order valence-electron chi connectivity index (χ4n) is 3.18. The molecule has 0 N–H and O–H groups in total. The molecule has 3 rings (SSSR count). The standard InChI is InChI=1S/C21H21Cl2NO2/c1-13-9-18(10-14(2)21(13)23)26-8-4-7-24-19-6-5-17(22)11-16(19)12-20(24)15(3)25/h5-6,9-12H,4,7-8H2,1-3H3. The van der Waals surface area contributed by atoms with Crippen LogP contribution in [0, 0.1) is 13.8 Å². The molecule has 2 aromatic carbocycles. The van der Waals surface area contributed by atoms with E-state index in [1.807, 2.05) is 54.8 Å². The van der Waals surface area contributed by atoms with Crippen LogP contribution in [-0.4, -0.2) is 17.0 Å². The Hall–Kier alpha value is -1.97. The van der Waals surface area contributed by atoms with Gasteiger partial charge >= 0.3 is 0 Å². The third kappa shape index (κ3) is 3.89. The van der Waals surface area contributed by atoms with Gasteiger partial charge in [0.05, 0.1) is 12.3 Å². The minimum Gasteiger partial charge on any atom is -0.494 e. The number of carbonyl (C=O) groups excluding carboxylic acids is 1. The van der Waals surface area contributed by atoms with Crippen LogP contribution in [0.15, 0.2) is 36.4 Å². The molecule has 0 unspecified atom stereocenters. The maximum atomic E-state index is 12.0. The first-order chi connectivity index (χ1) is 12.4. The molecule has 0 aliphatic heterocycles. The van der Waals surface area contributed by atoms with Gasteiger partial charge in [0.25, 0.3) is 0 Å². The van der Waals surface area contributed by atoms with Gasteiger partial charge in [-0.25, -0.2) is 0 Å². The van der Waals surface area contributed by atoms with Crippen molar-refractivity contribution in [1.29, 1.82) is 0 Å². The monoisotopic (exact) mass is 389 g/mol. The highest BCUT2D eigenvalue weighted by molar-refractivity contribution is 6.32. The molecule has 136 valence electrons. The Balaban J connectivity index is 1.72. The van der Waals surface area contributed by atoms with E-state index in [1.54, 1.807) is 6.92 Å². The minimum absolute atomic E-state index is 0.0437. The van der Waals surface area contributed by atoms with E-state index in [0.29, 0.717) is 23.9 Å². The Kier molecular flexibility index (Phi) is 5.59. The second kappa shape index (κ2) is 7.73. The number of halogens is 2. The Morgan fingerprint density at radius 2 is 1.77 bits per heavy atom. The number of hydrogen-bond donors (Lipinski definition) is 0. The van der Waals surface area contributed by atoms with Gasteiger partial charge in [-0.1, -0.05) is 23.2 Å². The molecule has 5 heteroatoms. The van der Waals surface area contributed by atoms with E-state index < -0.39 is 0 Å². The van der Waals surface area contributed by atoms with Crippen LogP contribution in [0.25, 0.3) is 10.9 Å². The van der Waals surface area contributed by atoms with Gasteiger partial charge in [0.15, 0.2) is 5.78 Å². The first-order valence-electron chi connectivity index (χ1n) is 8.56. The summed E-state index contributed by atoms with van der Waals surface area (Å²) in [6.07, 6.45) is 0.785. The Bertz CT molecular complexity index is 953. The molecule has 1 heterocycles. The SMILES string of the molecule is CC(=O)c1cc2cc(Cl)ccc2n1CCCOc1cc(C)c(Cl)c(C)c1. The molecule has 1 aromatic heterocycles. The van der Waals surface area contributed by atoms with E-state index in [4.69, 9.17) is 27.9 Å². The van der Waals surface area contributed by atoms with Crippen molar-refractivity contribution < 1.29 is 9.53 Å². The van der Waals surface area contributed by atoms with Crippen molar-refractivity contribution in [3.8, 4) is 5.75 Å². The number of nitrogens with zero attached hydrogens (tertiary/aromatic N) is 1. The lowest BCUT2D eigenvalue weighted by molar-refractivity contribution is 0.100. The van der Waals surface area contributed by atoms with E-state index in [-0.39, 0.29) is 5.78 Å². The number of aromatic nitrogens is 1. The zero-order chi connectivity index (χ0) is 18.8. The first kappa shape index (κ1) is 18.8. The van der Waals surface area contributed by atoms with Crippen LogP contribution >= 0.6 is 23.2 Å². The second-order valence-corrected chi connectivity index (χ2v) is 7.33. The molecule has 0 radical (unpaired) electrons. The molecule has 0 saturated heterocycles. The smallest absolute Gasteiger partial charge is 0.176 e. The summed E-state index contributed by atoms with van der Waals surface area (Å²) in [7, 11) is 0. The summed E-state index contributed by atoms with van der Waals surface area (Å²) >= 11 is 12.3. The van der Waals surface area contributed by atoms with Crippen LogP contribution in [-0.2, 0) is 6.54 Å². The third-order valence-corrected chi connectivity index (χ3v) is 5.26. The summed E-state index contributed by atoms with van der Waals surface area (Å²) < 4.78 is 7.91. The predicted molar refractivity (Wildman–Crippen MR) is 108 cm³/mol. The van der Waals surface area contributed by atoms with Gasteiger partial charge in [0.1, 0.15) is 5.75 Å². The van der Waals surface area contributed by atoms with Gasteiger partial charge in [-0.3, -0.25) is 4.79 Å². The third-order valence-electron chi connectivity index (χ3n) is 4.43. The fraction of sp³-hybridized carbons (Fsp3) is 0.286. The van der Waals surface area contributed by atoms with E-state index in [0.717, 1.165) is 39.2 Å². The fourth-order valence-corrected chi connectivity index (χ4v) is 3.47. The van der Waals surface area contributed by atoms with E-state index in [2.05, 4.69) is 0 Å². The van der Waals surface area contributed by atoms with Crippen molar-refractivity contribution in [1.82, 2.24) is 4.57 Å². The molecule has 3 nitrogen and oxygen atoms in total. The molecule has 0 atom stereocenters. The van der Waals surface area contributed by atoms with Crippen molar-refractivity contribution in [3.63, 3.8) is 0 Å². The topological polar surface area (TPSA) is 31.2 Å². The molecule has 0 spiro atoms. The van der Waals surface area contributed by atoms with Gasteiger partial charge in [-0.15, -0.1) is 0 Å². The number of ether oxygens (including phenoxy) is 1. The van der Waals surface area contributed by atoms with Crippen LogP contribution in [0.3, 0.4) is 0 Å². The lowest BCUT2D eigenvalue weighted by atomic mass is 10.1. The molecule has 0 aliphatic carbocycles. The van der Waals surface area contributed by atoms with Crippen LogP contribution in [0.5, 0.6) is 5.75 Å². The Morgan fingerprint density at radius 3 is 2.42 bits per heavy atom. The zero-order valence-corrected chi connectivity index (χ0v) is 16.6. The summed E-state index contributed by atoms with van der Waals surface area (Å²) in [6, 6.07) is 11.5. The number of benzene rings is 2. The van der Waals surface area contributed by atoms with Crippen molar-refractivity contribution in [2.24, 2.45) is 0 Å². The molecule has 26 heavy (non-hydrogen) atoms. The van der Waals surface area contributed by atoms with E-state index in [9.17, 15) is 4.79 Å². The number of fused-ring (bicyclic) bond motifs is 1. The minimum atomic E-state index is 0.0437. The van der Waals surface area contributed by atoms with Crippen LogP contribution in [0.1, 0.15) is 35.0 Å². The molecule has 0 fully saturated rings. The van der Waals surface area contributed by atoms with Gasteiger partial charge < -0.3 is 9.30 Å². The molecule has 3 aromatic rings. The highest BCUT2D eigenvalue weighted by Gasteiger charge is 2.12. The van der Waals surface area contributed by atoms with Crippen LogP contribution in [0.2, 0.25) is 10.0 Å². The summed E-state index contributed by atoms with van der Waals surface area (Å²) in [5.41, 5.74) is 3.72. The summed E-state index contributed by atoms with van der Waals surface area (Å²) in [5, 5.41) is 2.43. The van der Waals surface area contributed by atoms with Crippen LogP contribution < -0.4 is 4.74 Å². The average molecular weight is 390 g/mol. The zero-order valence-electron chi connectivity index (χ0n) is 15.1. The van der Waals surface area contributed by atoms with E-state index in [1.165, 1.54) is 0 Å². The summed E-state index contributed by atoms with van der Waals surface area (Å²) in [4.78, 5) is 12.0. The van der Waals surface area contributed by atoms with Crippen molar-refractivity contribution >= 4 is 39.9 Å². The second-order valence-electron chi connectivity index (χ2n) is 6.51. The maximum absolute atomic E-state index is 12.0. The molecule has 0 amide bonds. The van der Waals surface area contributed by atoms with Crippen LogP contribution in [0.4, 0.5) is 0 Å². The molecular formula is C21H21Cl2NO2. The number of hydrogen-bond acceptors (Lipinski definition) is 2.